The van der Waals surface area contributed by atoms with Crippen LogP contribution in [0, 0.1) is 0 Å². The molecule has 0 atom stereocenters. The van der Waals surface area contributed by atoms with Crippen LogP contribution in [0.25, 0.3) is 0 Å². The number of hydrogen-bond donors (Lipinski definition) is 3. The average Bonchev–Trinajstić information content (AvgIpc) is 2.44. The molecule has 6 heteroatoms. The summed E-state index contributed by atoms with van der Waals surface area (Å²) in [7, 11) is 0. The highest BCUT2D eigenvalue weighted by Crippen LogP contribution is 2.22. The lowest BCUT2D eigenvalue weighted by Crippen LogP contribution is -2.46. The molecule has 0 aromatic rings. The summed E-state index contributed by atoms with van der Waals surface area (Å²) in [6.45, 7) is 3.87. The van der Waals surface area contributed by atoms with Crippen LogP contribution in [0.4, 0.5) is 0 Å². The molecule has 1 aliphatic rings. The van der Waals surface area contributed by atoms with Crippen LogP contribution in [0.3, 0.4) is 0 Å². The highest BCUT2D eigenvalue weighted by molar-refractivity contribution is 5.78. The van der Waals surface area contributed by atoms with Crippen LogP contribution < -0.4 is 11.1 Å². The summed E-state index contributed by atoms with van der Waals surface area (Å²) >= 11 is 0. The van der Waals surface area contributed by atoms with Gasteiger partial charge in [0.15, 0.2) is 0 Å². The second-order valence-corrected chi connectivity index (χ2v) is 5.89. The van der Waals surface area contributed by atoms with Gasteiger partial charge in [-0.25, -0.2) is 0 Å². The number of nitrogens with one attached hydrogen (secondary N) is 1. The average molecular weight is 299 g/mol. The number of amides is 1. The summed E-state index contributed by atoms with van der Waals surface area (Å²) in [5.74, 6) is -0.834. The molecule has 1 rings (SSSR count). The van der Waals surface area contributed by atoms with Gasteiger partial charge in [-0.15, -0.1) is 0 Å². The second-order valence-electron chi connectivity index (χ2n) is 5.89. The molecule has 122 valence electrons. The lowest BCUT2D eigenvalue weighted by molar-refractivity contribution is -0.137. The molecule has 0 saturated heterocycles. The molecule has 0 unspecified atom stereocenters. The summed E-state index contributed by atoms with van der Waals surface area (Å²) in [6, 6.07) is 0.768. The van der Waals surface area contributed by atoms with Gasteiger partial charge in [0.2, 0.25) is 5.91 Å². The quantitative estimate of drug-likeness (QED) is 0.551. The van der Waals surface area contributed by atoms with Crippen molar-refractivity contribution in [1.29, 1.82) is 0 Å². The van der Waals surface area contributed by atoms with Gasteiger partial charge >= 0.3 is 5.97 Å². The minimum atomic E-state index is -0.824. The first-order valence-electron chi connectivity index (χ1n) is 8.01. The molecule has 6 nitrogen and oxygen atoms in total. The van der Waals surface area contributed by atoms with Crippen LogP contribution in [-0.4, -0.2) is 53.6 Å². The number of carbonyl (C=O) groups excluding carboxylic acids is 1. The zero-order valence-corrected chi connectivity index (χ0v) is 13.0. The van der Waals surface area contributed by atoms with Gasteiger partial charge in [-0.1, -0.05) is 6.92 Å². The Kier molecular flexibility index (Phi) is 8.30. The number of carboxylic acid groups (broad SMARTS) is 1. The second kappa shape index (κ2) is 9.73. The predicted octanol–water partition coefficient (Wildman–Crippen LogP) is 0.949. The Balaban J connectivity index is 2.32. The minimum absolute atomic E-state index is 0.0105. The van der Waals surface area contributed by atoms with Crippen LogP contribution in [-0.2, 0) is 9.59 Å². The van der Waals surface area contributed by atoms with Crippen molar-refractivity contribution in [2.75, 3.05) is 19.6 Å². The molecule has 21 heavy (non-hydrogen) atoms. The van der Waals surface area contributed by atoms with Gasteiger partial charge in [0.25, 0.3) is 0 Å². The summed E-state index contributed by atoms with van der Waals surface area (Å²) in [6.07, 6.45) is 5.79. The third-order valence-electron chi connectivity index (χ3n) is 4.00. The Morgan fingerprint density at radius 2 is 1.95 bits per heavy atom. The molecular weight excluding hydrogens is 270 g/mol. The molecule has 4 N–H and O–H groups in total. The van der Waals surface area contributed by atoms with Crippen molar-refractivity contribution in [3.05, 3.63) is 0 Å². The van der Waals surface area contributed by atoms with Gasteiger partial charge in [-0.3, -0.25) is 14.5 Å². The lowest BCUT2D eigenvalue weighted by atomic mass is 9.90. The summed E-state index contributed by atoms with van der Waals surface area (Å²) in [5.41, 5.74) is 5.93. The van der Waals surface area contributed by atoms with Crippen molar-refractivity contribution in [3.63, 3.8) is 0 Å². The van der Waals surface area contributed by atoms with Crippen LogP contribution in [0.15, 0.2) is 0 Å². The molecular formula is C15H29N3O3. The minimum Gasteiger partial charge on any atom is -0.481 e. The number of rotatable bonds is 9. The van der Waals surface area contributed by atoms with Gasteiger partial charge in [-0.2, -0.15) is 0 Å². The van der Waals surface area contributed by atoms with E-state index in [0.29, 0.717) is 31.6 Å². The third-order valence-corrected chi connectivity index (χ3v) is 4.00. The smallest absolute Gasteiger partial charge is 0.303 e. The fraction of sp³-hybridized carbons (Fsp3) is 0.867. The highest BCUT2D eigenvalue weighted by Gasteiger charge is 2.25. The van der Waals surface area contributed by atoms with Gasteiger partial charge < -0.3 is 16.2 Å². The van der Waals surface area contributed by atoms with Crippen molar-refractivity contribution < 1.29 is 14.7 Å². The Bertz CT molecular complexity index is 328. The molecule has 0 aliphatic heterocycles. The number of nitrogens with two attached hydrogens (primary N) is 1. The largest absolute Gasteiger partial charge is 0.481 e. The molecule has 1 fully saturated rings. The van der Waals surface area contributed by atoms with Crippen LogP contribution >= 0.6 is 0 Å². The van der Waals surface area contributed by atoms with Crippen LogP contribution in [0.5, 0.6) is 0 Å². The van der Waals surface area contributed by atoms with Crippen LogP contribution in [0.2, 0.25) is 0 Å². The number of carboxylic acids is 1. The zero-order chi connectivity index (χ0) is 15.7. The monoisotopic (exact) mass is 299 g/mol. The van der Waals surface area contributed by atoms with E-state index in [0.717, 1.165) is 38.6 Å². The first-order chi connectivity index (χ1) is 10.0. The van der Waals surface area contributed by atoms with E-state index in [4.69, 9.17) is 10.8 Å². The Morgan fingerprint density at radius 1 is 1.29 bits per heavy atom. The lowest BCUT2D eigenvalue weighted by Gasteiger charge is -2.35. The van der Waals surface area contributed by atoms with Gasteiger partial charge in [0.05, 0.1) is 6.54 Å². The Hall–Kier alpha value is -1.14. The Labute approximate surface area is 127 Å². The third kappa shape index (κ3) is 7.43. The highest BCUT2D eigenvalue weighted by atomic mass is 16.4. The normalized spacial score (nSPS) is 22.2. The summed E-state index contributed by atoms with van der Waals surface area (Å²) < 4.78 is 0. The van der Waals surface area contributed by atoms with Crippen molar-refractivity contribution in [3.8, 4) is 0 Å². The van der Waals surface area contributed by atoms with E-state index >= 15 is 0 Å². The fourth-order valence-corrected chi connectivity index (χ4v) is 2.85. The molecule has 0 bridgehead atoms. The van der Waals surface area contributed by atoms with Gasteiger partial charge in [0, 0.05) is 25.0 Å². The molecule has 1 aliphatic carbocycles. The maximum absolute atomic E-state index is 12.0. The first-order valence-corrected chi connectivity index (χ1v) is 8.01. The standard InChI is InChI=1S/C15H29N3O3/c1-2-10-18(13-7-5-12(16)6-8-13)11-14(19)17-9-3-4-15(20)21/h12-13H,2-11,16H2,1H3,(H,17,19)(H,20,21). The van der Waals surface area contributed by atoms with E-state index in [-0.39, 0.29) is 12.3 Å². The molecule has 0 aromatic heterocycles. The van der Waals surface area contributed by atoms with E-state index in [2.05, 4.69) is 17.1 Å². The molecule has 1 amide bonds. The Morgan fingerprint density at radius 3 is 2.52 bits per heavy atom. The topological polar surface area (TPSA) is 95.7 Å². The van der Waals surface area contributed by atoms with Crippen molar-refractivity contribution in [1.82, 2.24) is 10.2 Å². The molecule has 0 aromatic carbocycles. The number of nitrogens with zero attached hydrogens (tertiary/aromatic N) is 1. The van der Waals surface area contributed by atoms with Crippen molar-refractivity contribution in [2.45, 2.75) is 64.0 Å². The van der Waals surface area contributed by atoms with E-state index in [1.807, 2.05) is 0 Å². The molecule has 0 heterocycles. The fourth-order valence-electron chi connectivity index (χ4n) is 2.85. The van der Waals surface area contributed by atoms with Gasteiger partial charge in [-0.05, 0) is 45.1 Å². The van der Waals surface area contributed by atoms with Crippen molar-refractivity contribution >= 4 is 11.9 Å². The maximum atomic E-state index is 12.0. The number of carbonyl (C=O) groups is 2. The van der Waals surface area contributed by atoms with Gasteiger partial charge in [0.1, 0.15) is 0 Å². The zero-order valence-electron chi connectivity index (χ0n) is 13.0. The number of hydrogen-bond acceptors (Lipinski definition) is 4. The first kappa shape index (κ1) is 17.9. The molecule has 1 saturated carbocycles. The predicted molar refractivity (Wildman–Crippen MR) is 82.0 cm³/mol. The van der Waals surface area contributed by atoms with Crippen LogP contribution in [0.1, 0.15) is 51.9 Å². The van der Waals surface area contributed by atoms with E-state index in [9.17, 15) is 9.59 Å². The van der Waals surface area contributed by atoms with E-state index < -0.39 is 5.97 Å². The molecule has 0 spiro atoms. The van der Waals surface area contributed by atoms with E-state index in [1.165, 1.54) is 0 Å². The SMILES string of the molecule is CCCN(CC(=O)NCCCC(=O)O)C1CCC(N)CC1. The van der Waals surface area contributed by atoms with E-state index in [1.54, 1.807) is 0 Å². The maximum Gasteiger partial charge on any atom is 0.303 e. The van der Waals surface area contributed by atoms with Crippen molar-refractivity contribution in [2.24, 2.45) is 5.73 Å². The summed E-state index contributed by atoms with van der Waals surface area (Å²) in [5, 5.41) is 11.4. The summed E-state index contributed by atoms with van der Waals surface area (Å²) in [4.78, 5) is 24.6. The molecule has 0 radical (unpaired) electrons. The number of aliphatic carboxylic acids is 1.